The quantitative estimate of drug-likeness (QED) is 0.462. The molecule has 0 bridgehead atoms. The molecule has 0 aliphatic carbocycles. The largest absolute Gasteiger partial charge is 0.467 e. The lowest BCUT2D eigenvalue weighted by Gasteiger charge is -2.22. The molecule has 0 atom stereocenters. The number of halogens is 1. The van der Waals surface area contributed by atoms with Gasteiger partial charge >= 0.3 is 0 Å². The van der Waals surface area contributed by atoms with Crippen LogP contribution in [-0.4, -0.2) is 25.0 Å². The number of rotatable bonds is 5. The van der Waals surface area contributed by atoms with Gasteiger partial charge in [-0.2, -0.15) is 0 Å². The Hall–Kier alpha value is -1.50. The molecular weight excluding hydrogens is 389 g/mol. The zero-order valence-corrected chi connectivity index (χ0v) is 15.7. The van der Waals surface area contributed by atoms with Gasteiger partial charge < -0.3 is 14.6 Å². The van der Waals surface area contributed by atoms with Gasteiger partial charge in [0.25, 0.3) is 0 Å². The molecule has 4 nitrogen and oxygen atoms in total. The molecule has 0 spiro atoms. The van der Waals surface area contributed by atoms with Crippen LogP contribution in [0, 0.1) is 0 Å². The summed E-state index contributed by atoms with van der Waals surface area (Å²) in [6.45, 7) is 3.63. The van der Waals surface area contributed by atoms with Crippen molar-refractivity contribution in [2.45, 2.75) is 26.4 Å². The predicted octanol–water partition coefficient (Wildman–Crippen LogP) is 3.67. The number of aliphatic imine (C=N–C) groups is 1. The van der Waals surface area contributed by atoms with E-state index in [0.29, 0.717) is 6.54 Å². The molecule has 5 heteroatoms. The third kappa shape index (κ3) is 5.36. The highest BCUT2D eigenvalue weighted by Gasteiger charge is 2.07. The first-order valence-corrected chi connectivity index (χ1v) is 7.25. The van der Waals surface area contributed by atoms with Gasteiger partial charge in [-0.15, -0.1) is 24.0 Å². The molecule has 1 heterocycles. The highest BCUT2D eigenvalue weighted by Crippen LogP contribution is 2.08. The topological polar surface area (TPSA) is 40.8 Å². The van der Waals surface area contributed by atoms with Crippen LogP contribution in [0.25, 0.3) is 0 Å². The van der Waals surface area contributed by atoms with E-state index >= 15 is 0 Å². The Balaban J connectivity index is 0.00000242. The van der Waals surface area contributed by atoms with Crippen LogP contribution in [-0.2, 0) is 19.5 Å². The molecule has 0 aliphatic heterocycles. The normalized spacial score (nSPS) is 11.0. The summed E-state index contributed by atoms with van der Waals surface area (Å²) >= 11 is 0. The molecule has 1 aromatic heterocycles. The molecule has 0 aliphatic rings. The van der Waals surface area contributed by atoms with E-state index in [0.717, 1.165) is 24.7 Å². The van der Waals surface area contributed by atoms with Crippen LogP contribution < -0.4 is 5.32 Å². The second-order valence-electron chi connectivity index (χ2n) is 5.01. The predicted molar refractivity (Wildman–Crippen MR) is 102 cm³/mol. The molecule has 0 saturated carbocycles. The van der Waals surface area contributed by atoms with Crippen LogP contribution >= 0.6 is 24.0 Å². The standard InChI is InChI=1S/C17H23N3O.HI/c1-4-14-7-9-15(10-8-14)13-20(3)17(18-2)19-12-16-6-5-11-21-16;/h5-11H,4,12-13H2,1-3H3,(H,18,19);1H. The minimum Gasteiger partial charge on any atom is -0.467 e. The second-order valence-corrected chi connectivity index (χ2v) is 5.01. The Morgan fingerprint density at radius 3 is 2.41 bits per heavy atom. The zero-order chi connectivity index (χ0) is 15.1. The van der Waals surface area contributed by atoms with Crippen LogP contribution in [0.3, 0.4) is 0 Å². The summed E-state index contributed by atoms with van der Waals surface area (Å²) in [5.74, 6) is 1.75. The fourth-order valence-corrected chi connectivity index (χ4v) is 2.19. The smallest absolute Gasteiger partial charge is 0.194 e. The Morgan fingerprint density at radius 2 is 1.86 bits per heavy atom. The average Bonchev–Trinajstić information content (AvgIpc) is 3.02. The van der Waals surface area contributed by atoms with Crippen molar-refractivity contribution >= 4 is 29.9 Å². The third-order valence-electron chi connectivity index (χ3n) is 3.43. The fraction of sp³-hybridized carbons (Fsp3) is 0.353. The Kier molecular flexibility index (Phi) is 8.01. The zero-order valence-electron chi connectivity index (χ0n) is 13.4. The molecular formula is C17H24IN3O. The molecule has 0 saturated heterocycles. The monoisotopic (exact) mass is 413 g/mol. The molecule has 2 aromatic rings. The molecule has 0 fully saturated rings. The van der Waals surface area contributed by atoms with Gasteiger partial charge in [0.05, 0.1) is 12.8 Å². The Bertz CT molecular complexity index is 564. The van der Waals surface area contributed by atoms with Crippen molar-refractivity contribution in [2.75, 3.05) is 14.1 Å². The summed E-state index contributed by atoms with van der Waals surface area (Å²) in [5.41, 5.74) is 2.64. The van der Waals surface area contributed by atoms with E-state index < -0.39 is 0 Å². The van der Waals surface area contributed by atoms with E-state index in [1.54, 1.807) is 13.3 Å². The van der Waals surface area contributed by atoms with Gasteiger partial charge in [0.1, 0.15) is 5.76 Å². The van der Waals surface area contributed by atoms with Crippen molar-refractivity contribution in [2.24, 2.45) is 4.99 Å². The van der Waals surface area contributed by atoms with Crippen LogP contribution in [0.4, 0.5) is 0 Å². The van der Waals surface area contributed by atoms with E-state index in [9.17, 15) is 0 Å². The number of furan rings is 1. The minimum atomic E-state index is 0. The average molecular weight is 413 g/mol. The van der Waals surface area contributed by atoms with Crippen molar-refractivity contribution in [1.82, 2.24) is 10.2 Å². The summed E-state index contributed by atoms with van der Waals surface area (Å²) < 4.78 is 5.32. The summed E-state index contributed by atoms with van der Waals surface area (Å²) in [4.78, 5) is 6.41. The van der Waals surface area contributed by atoms with Gasteiger partial charge in [-0.3, -0.25) is 4.99 Å². The van der Waals surface area contributed by atoms with Gasteiger partial charge in [0, 0.05) is 20.6 Å². The lowest BCUT2D eigenvalue weighted by Crippen LogP contribution is -2.37. The molecule has 22 heavy (non-hydrogen) atoms. The molecule has 2 rings (SSSR count). The first-order valence-electron chi connectivity index (χ1n) is 7.25. The van der Waals surface area contributed by atoms with E-state index in [1.165, 1.54) is 11.1 Å². The van der Waals surface area contributed by atoms with E-state index in [-0.39, 0.29) is 24.0 Å². The summed E-state index contributed by atoms with van der Waals surface area (Å²) in [6, 6.07) is 12.6. The van der Waals surface area contributed by atoms with Crippen LogP contribution in [0.2, 0.25) is 0 Å². The van der Waals surface area contributed by atoms with Crippen LogP contribution in [0.1, 0.15) is 23.8 Å². The molecule has 0 radical (unpaired) electrons. The number of aryl methyl sites for hydroxylation is 1. The van der Waals surface area contributed by atoms with Crippen LogP contribution in [0.5, 0.6) is 0 Å². The summed E-state index contributed by atoms with van der Waals surface area (Å²) in [5, 5.41) is 3.30. The van der Waals surface area contributed by atoms with E-state index in [4.69, 9.17) is 4.42 Å². The van der Waals surface area contributed by atoms with Crippen molar-refractivity contribution < 1.29 is 4.42 Å². The fourth-order valence-electron chi connectivity index (χ4n) is 2.19. The lowest BCUT2D eigenvalue weighted by molar-refractivity contribution is 0.459. The number of nitrogens with one attached hydrogen (secondary N) is 1. The van der Waals surface area contributed by atoms with Crippen molar-refractivity contribution in [3.05, 3.63) is 59.5 Å². The second kappa shape index (κ2) is 9.50. The Morgan fingerprint density at radius 1 is 1.18 bits per heavy atom. The van der Waals surface area contributed by atoms with E-state index in [2.05, 4.69) is 46.4 Å². The number of nitrogens with zero attached hydrogens (tertiary/aromatic N) is 2. The maximum Gasteiger partial charge on any atom is 0.194 e. The van der Waals surface area contributed by atoms with Gasteiger partial charge in [0.2, 0.25) is 0 Å². The third-order valence-corrected chi connectivity index (χ3v) is 3.43. The SMILES string of the molecule is CCc1ccc(CN(C)C(=NC)NCc2ccco2)cc1.I. The van der Waals surface area contributed by atoms with Crippen LogP contribution in [0.15, 0.2) is 52.1 Å². The minimum absolute atomic E-state index is 0. The van der Waals surface area contributed by atoms with Gasteiger partial charge in [-0.05, 0) is 29.7 Å². The Labute approximate surface area is 149 Å². The van der Waals surface area contributed by atoms with Crippen molar-refractivity contribution in [3.8, 4) is 0 Å². The maximum absolute atomic E-state index is 5.32. The number of guanidine groups is 1. The molecule has 1 N–H and O–H groups in total. The van der Waals surface area contributed by atoms with Gasteiger partial charge in [0.15, 0.2) is 5.96 Å². The number of hydrogen-bond donors (Lipinski definition) is 1. The molecule has 120 valence electrons. The molecule has 0 unspecified atom stereocenters. The first-order chi connectivity index (χ1) is 10.2. The first kappa shape index (κ1) is 18.5. The highest BCUT2D eigenvalue weighted by atomic mass is 127. The number of hydrogen-bond acceptors (Lipinski definition) is 2. The van der Waals surface area contributed by atoms with Crippen molar-refractivity contribution in [3.63, 3.8) is 0 Å². The molecule has 1 aromatic carbocycles. The van der Waals surface area contributed by atoms with Gasteiger partial charge in [-0.25, -0.2) is 0 Å². The van der Waals surface area contributed by atoms with Crippen molar-refractivity contribution in [1.29, 1.82) is 0 Å². The maximum atomic E-state index is 5.32. The lowest BCUT2D eigenvalue weighted by atomic mass is 10.1. The van der Waals surface area contributed by atoms with Gasteiger partial charge in [-0.1, -0.05) is 31.2 Å². The number of benzene rings is 1. The highest BCUT2D eigenvalue weighted by molar-refractivity contribution is 14.0. The summed E-state index contributed by atoms with van der Waals surface area (Å²) in [6.07, 6.45) is 2.75. The summed E-state index contributed by atoms with van der Waals surface area (Å²) in [7, 11) is 3.83. The van der Waals surface area contributed by atoms with E-state index in [1.807, 2.05) is 19.2 Å². The molecule has 0 amide bonds.